The smallest absolute Gasteiger partial charge is 0.335 e. The van der Waals surface area contributed by atoms with Crippen molar-refractivity contribution in [2.24, 2.45) is 0 Å². The Labute approximate surface area is 150 Å². The Kier molecular flexibility index (Phi) is 5.94. The van der Waals surface area contributed by atoms with Gasteiger partial charge in [0, 0.05) is 11.8 Å². The monoisotopic (exact) mass is 376 g/mol. The lowest BCUT2D eigenvalue weighted by molar-refractivity contribution is 0.256. The van der Waals surface area contributed by atoms with E-state index in [4.69, 9.17) is 9.47 Å². The molecule has 2 N–H and O–H groups in total. The van der Waals surface area contributed by atoms with E-state index in [0.717, 1.165) is 6.26 Å². The summed E-state index contributed by atoms with van der Waals surface area (Å²) in [6, 6.07) is 6.30. The van der Waals surface area contributed by atoms with Gasteiger partial charge in [0.2, 0.25) is 11.8 Å². The molecule has 0 saturated carbocycles. The maximum absolute atomic E-state index is 12.4. The summed E-state index contributed by atoms with van der Waals surface area (Å²) >= 11 is 0. The van der Waals surface area contributed by atoms with Gasteiger partial charge >= 0.3 is 6.03 Å². The summed E-state index contributed by atoms with van der Waals surface area (Å²) in [5, 5.41) is 2.24. The lowest BCUT2D eigenvalue weighted by Crippen LogP contribution is -2.35. The van der Waals surface area contributed by atoms with E-state index in [9.17, 15) is 13.2 Å². The molecule has 0 aliphatic rings. The van der Waals surface area contributed by atoms with Crippen molar-refractivity contribution in [3.8, 4) is 11.6 Å². The Morgan fingerprint density at radius 2 is 2.04 bits per heavy atom. The topological polar surface area (TPSA) is 120 Å². The second-order valence-corrected chi connectivity index (χ2v) is 6.47. The quantitative estimate of drug-likeness (QED) is 0.584. The highest BCUT2D eigenvalue weighted by Crippen LogP contribution is 2.23. The standard InChI is InChI=1S/C16H16N4O5S/c1-4-9-25-12-7-5-6-8-13(12)26(22,23)20-16(21)19-15-17-11(2)10-14(18-15)24-3/h5-10H,1H2,2-3H3,(H2,17,18,19,20,21). The molecule has 0 unspecified atom stereocenters. The summed E-state index contributed by atoms with van der Waals surface area (Å²) in [5.41, 5.74) is 2.90. The minimum Gasteiger partial charge on any atom is -0.481 e. The number of urea groups is 1. The normalized spacial score (nSPS) is 10.4. The summed E-state index contributed by atoms with van der Waals surface area (Å²) in [6.07, 6.45) is 1.10. The highest BCUT2D eigenvalue weighted by molar-refractivity contribution is 7.90. The summed E-state index contributed by atoms with van der Waals surface area (Å²) in [6.45, 7) is 5.00. The fourth-order valence-corrected chi connectivity index (χ4v) is 2.92. The molecular formula is C16H16N4O5S. The van der Waals surface area contributed by atoms with Crippen LogP contribution in [0.2, 0.25) is 0 Å². The van der Waals surface area contributed by atoms with Gasteiger partial charge in [-0.25, -0.2) is 22.9 Å². The van der Waals surface area contributed by atoms with Gasteiger partial charge in [0.25, 0.3) is 10.0 Å². The van der Waals surface area contributed by atoms with E-state index in [1.54, 1.807) is 19.1 Å². The van der Waals surface area contributed by atoms with E-state index in [1.165, 1.54) is 25.3 Å². The first-order chi connectivity index (χ1) is 12.4. The number of amides is 2. The van der Waals surface area contributed by atoms with Gasteiger partial charge in [-0.2, -0.15) is 4.98 Å². The number of para-hydroxylation sites is 1. The van der Waals surface area contributed by atoms with Crippen molar-refractivity contribution in [2.75, 3.05) is 12.4 Å². The third kappa shape index (κ3) is 4.82. The maximum Gasteiger partial charge on any atom is 0.335 e. The molecule has 2 aromatic rings. The number of ether oxygens (including phenoxy) is 2. The first-order valence-electron chi connectivity index (χ1n) is 7.19. The van der Waals surface area contributed by atoms with Gasteiger partial charge in [-0.1, -0.05) is 24.4 Å². The predicted molar refractivity (Wildman–Crippen MR) is 93.4 cm³/mol. The molecule has 136 valence electrons. The molecule has 10 heteroatoms. The van der Waals surface area contributed by atoms with Crippen LogP contribution in [0, 0.1) is 6.92 Å². The number of aryl methyl sites for hydroxylation is 1. The number of hydrogen-bond acceptors (Lipinski definition) is 7. The third-order valence-corrected chi connectivity index (χ3v) is 4.27. The fourth-order valence-electron chi connectivity index (χ4n) is 1.88. The highest BCUT2D eigenvalue weighted by Gasteiger charge is 2.22. The molecule has 0 atom stereocenters. The number of methoxy groups -OCH3 is 1. The van der Waals surface area contributed by atoms with Crippen LogP contribution in [0.15, 0.2) is 53.8 Å². The Hall–Kier alpha value is -3.36. The number of aromatic nitrogens is 2. The minimum absolute atomic E-state index is 0.0115. The number of anilines is 1. The lowest BCUT2D eigenvalue weighted by atomic mass is 10.3. The Morgan fingerprint density at radius 1 is 1.31 bits per heavy atom. The van der Waals surface area contributed by atoms with Gasteiger partial charge in [0.1, 0.15) is 16.9 Å². The van der Waals surface area contributed by atoms with Crippen LogP contribution < -0.4 is 19.5 Å². The van der Waals surface area contributed by atoms with Crippen LogP contribution in [0.1, 0.15) is 5.69 Å². The minimum atomic E-state index is -4.21. The average Bonchev–Trinajstić information content (AvgIpc) is 2.59. The van der Waals surface area contributed by atoms with Crippen molar-refractivity contribution in [1.29, 1.82) is 0 Å². The zero-order valence-corrected chi connectivity index (χ0v) is 14.8. The van der Waals surface area contributed by atoms with Crippen LogP contribution in [-0.4, -0.2) is 31.5 Å². The molecule has 0 saturated heterocycles. The second-order valence-electron chi connectivity index (χ2n) is 4.82. The van der Waals surface area contributed by atoms with Crippen LogP contribution in [0.3, 0.4) is 0 Å². The molecule has 9 nitrogen and oxygen atoms in total. The van der Waals surface area contributed by atoms with Gasteiger partial charge in [-0.15, -0.1) is 0 Å². The molecule has 1 heterocycles. The van der Waals surface area contributed by atoms with Crippen molar-refractivity contribution in [1.82, 2.24) is 14.7 Å². The van der Waals surface area contributed by atoms with Crippen LogP contribution in [-0.2, 0) is 10.0 Å². The SMILES string of the molecule is C=C=COc1ccccc1S(=O)(=O)NC(=O)Nc1nc(C)cc(OC)n1. The number of carbonyl (C=O) groups excluding carboxylic acids is 1. The zero-order chi connectivity index (χ0) is 19.2. The molecule has 2 amide bonds. The molecule has 2 rings (SSSR count). The first-order valence-corrected chi connectivity index (χ1v) is 8.67. The molecule has 26 heavy (non-hydrogen) atoms. The van der Waals surface area contributed by atoms with Gasteiger partial charge in [-0.3, -0.25) is 5.32 Å². The van der Waals surface area contributed by atoms with Crippen LogP contribution in [0.4, 0.5) is 10.7 Å². The summed E-state index contributed by atoms with van der Waals surface area (Å²) in [4.78, 5) is 19.7. The number of hydrogen-bond donors (Lipinski definition) is 2. The molecule has 0 bridgehead atoms. The Morgan fingerprint density at radius 3 is 2.73 bits per heavy atom. The first kappa shape index (κ1) is 19.0. The van der Waals surface area contributed by atoms with Crippen molar-refractivity contribution < 1.29 is 22.7 Å². The second kappa shape index (κ2) is 8.15. The molecule has 0 radical (unpaired) electrons. The van der Waals surface area contributed by atoms with Gasteiger partial charge in [0.15, 0.2) is 0 Å². The molecule has 1 aromatic carbocycles. The summed E-state index contributed by atoms with van der Waals surface area (Å²) < 4.78 is 36.8. The summed E-state index contributed by atoms with van der Waals surface area (Å²) in [5.74, 6) is 0.136. The molecule has 0 spiro atoms. The van der Waals surface area contributed by atoms with Crippen molar-refractivity contribution in [3.05, 3.63) is 54.6 Å². The third-order valence-electron chi connectivity index (χ3n) is 2.90. The van der Waals surface area contributed by atoms with E-state index >= 15 is 0 Å². The fraction of sp³-hybridized carbons (Fsp3) is 0.125. The summed E-state index contributed by atoms with van der Waals surface area (Å²) in [7, 11) is -2.80. The molecular weight excluding hydrogens is 360 g/mol. The van der Waals surface area contributed by atoms with Crippen LogP contribution in [0.25, 0.3) is 0 Å². The average molecular weight is 376 g/mol. The van der Waals surface area contributed by atoms with Gasteiger partial charge in [0.05, 0.1) is 7.11 Å². The van der Waals surface area contributed by atoms with Crippen molar-refractivity contribution >= 4 is 22.0 Å². The Bertz CT molecular complexity index is 968. The van der Waals surface area contributed by atoms with Crippen molar-refractivity contribution in [3.63, 3.8) is 0 Å². The van der Waals surface area contributed by atoms with Gasteiger partial charge in [-0.05, 0) is 19.1 Å². The highest BCUT2D eigenvalue weighted by atomic mass is 32.2. The van der Waals surface area contributed by atoms with Crippen molar-refractivity contribution in [2.45, 2.75) is 11.8 Å². The van der Waals surface area contributed by atoms with Crippen LogP contribution >= 0.6 is 0 Å². The van der Waals surface area contributed by atoms with E-state index in [1.807, 2.05) is 4.72 Å². The number of nitrogens with one attached hydrogen (secondary N) is 2. The number of carbonyl (C=O) groups is 1. The van der Waals surface area contributed by atoms with Crippen LogP contribution in [0.5, 0.6) is 11.6 Å². The van der Waals surface area contributed by atoms with E-state index in [-0.39, 0.29) is 22.5 Å². The number of rotatable bonds is 6. The zero-order valence-electron chi connectivity index (χ0n) is 14.0. The lowest BCUT2D eigenvalue weighted by Gasteiger charge is -2.11. The molecule has 0 aliphatic carbocycles. The Balaban J connectivity index is 2.20. The molecule has 1 aromatic heterocycles. The number of sulfonamides is 1. The van der Waals surface area contributed by atoms with E-state index < -0.39 is 16.1 Å². The largest absolute Gasteiger partial charge is 0.481 e. The molecule has 0 aliphatic heterocycles. The van der Waals surface area contributed by atoms with E-state index in [0.29, 0.717) is 5.69 Å². The molecule has 0 fully saturated rings. The van der Waals surface area contributed by atoms with E-state index in [2.05, 4.69) is 27.6 Å². The number of nitrogens with zero attached hydrogens (tertiary/aromatic N) is 2. The number of benzene rings is 1. The van der Waals surface area contributed by atoms with Gasteiger partial charge < -0.3 is 9.47 Å². The predicted octanol–water partition coefficient (Wildman–Crippen LogP) is 1.98. The maximum atomic E-state index is 12.4.